The summed E-state index contributed by atoms with van der Waals surface area (Å²) in [6, 6.07) is 15.8. The van der Waals surface area contributed by atoms with E-state index in [1.165, 1.54) is 5.23 Å². The molecule has 0 spiro atoms. The minimum atomic E-state index is -0.404. The van der Waals surface area contributed by atoms with Crippen molar-refractivity contribution in [3.8, 4) is 11.1 Å². The second-order valence-corrected chi connectivity index (χ2v) is 6.96. The van der Waals surface area contributed by atoms with Gasteiger partial charge >= 0.3 is 0 Å². The molecule has 1 aliphatic rings. The van der Waals surface area contributed by atoms with Crippen LogP contribution in [0.4, 0.5) is 5.69 Å². The largest absolute Gasteiger partial charge is 0.239 e. The first kappa shape index (κ1) is 15.3. The van der Waals surface area contributed by atoms with Gasteiger partial charge in [0.1, 0.15) is 11.2 Å². The van der Waals surface area contributed by atoms with Gasteiger partial charge in [-0.1, -0.05) is 35.9 Å². The summed E-state index contributed by atoms with van der Waals surface area (Å²) in [6.45, 7) is 8.09. The maximum atomic E-state index is 6.08. The van der Waals surface area contributed by atoms with Crippen LogP contribution in [0.5, 0.6) is 0 Å². The normalized spacial score (nSPS) is 19.4. The highest BCUT2D eigenvalue weighted by Crippen LogP contribution is 2.40. The zero-order valence-corrected chi connectivity index (χ0v) is 14.0. The first-order valence-electron chi connectivity index (χ1n) is 7.33. The predicted molar refractivity (Wildman–Crippen MR) is 89.7 cm³/mol. The highest BCUT2D eigenvalue weighted by atomic mass is 35.5. The van der Waals surface area contributed by atoms with Crippen LogP contribution in [0.1, 0.15) is 27.7 Å². The number of halogens is 1. The molecule has 0 radical (unpaired) electrons. The van der Waals surface area contributed by atoms with Gasteiger partial charge in [-0.2, -0.15) is 0 Å². The monoisotopic (exact) mass is 317 g/mol. The summed E-state index contributed by atoms with van der Waals surface area (Å²) in [4.78, 5) is 11.9. The van der Waals surface area contributed by atoms with Crippen molar-refractivity contribution in [2.24, 2.45) is 0 Å². The van der Waals surface area contributed by atoms with Gasteiger partial charge in [-0.3, -0.25) is 0 Å². The quantitative estimate of drug-likeness (QED) is 0.755. The van der Waals surface area contributed by atoms with Gasteiger partial charge in [0.05, 0.1) is 5.69 Å². The summed E-state index contributed by atoms with van der Waals surface area (Å²) < 4.78 is 0. The summed E-state index contributed by atoms with van der Waals surface area (Å²) in [7, 11) is 0. The molecule has 2 aromatic rings. The molecule has 1 aliphatic heterocycles. The average Bonchev–Trinajstić information content (AvgIpc) is 2.68. The van der Waals surface area contributed by atoms with E-state index in [0.29, 0.717) is 0 Å². The molecule has 4 heteroatoms. The van der Waals surface area contributed by atoms with Gasteiger partial charge in [-0.15, -0.1) is 5.23 Å². The molecule has 0 atom stereocenters. The molecule has 0 bridgehead atoms. The predicted octanol–water partition coefficient (Wildman–Crippen LogP) is 5.25. The van der Waals surface area contributed by atoms with Gasteiger partial charge in [0, 0.05) is 5.02 Å². The lowest BCUT2D eigenvalue weighted by Gasteiger charge is -2.26. The summed E-state index contributed by atoms with van der Waals surface area (Å²) in [5, 5.41) is 2.23. The molecule has 1 saturated heterocycles. The molecule has 0 unspecified atom stereocenters. The van der Waals surface area contributed by atoms with E-state index in [1.807, 2.05) is 76.2 Å². The number of benzene rings is 2. The van der Waals surface area contributed by atoms with E-state index in [0.717, 1.165) is 21.8 Å². The number of rotatable bonds is 2. The molecule has 22 heavy (non-hydrogen) atoms. The Bertz CT molecular complexity index is 681. The van der Waals surface area contributed by atoms with Gasteiger partial charge in [0.15, 0.2) is 0 Å². The van der Waals surface area contributed by atoms with Gasteiger partial charge in [0.2, 0.25) is 0 Å². The number of nitrogens with zero attached hydrogens (tertiary/aromatic N) is 1. The molecular formula is C18H20ClNO2. The lowest BCUT2D eigenvalue weighted by Crippen LogP contribution is -2.41. The fourth-order valence-electron chi connectivity index (χ4n) is 2.23. The summed E-state index contributed by atoms with van der Waals surface area (Å²) in [5.74, 6) is 0. The molecular weight excluding hydrogens is 298 g/mol. The molecule has 0 aliphatic carbocycles. The Hall–Kier alpha value is -1.55. The van der Waals surface area contributed by atoms with E-state index >= 15 is 0 Å². The van der Waals surface area contributed by atoms with Crippen LogP contribution in [-0.4, -0.2) is 11.2 Å². The number of anilines is 1. The minimum Gasteiger partial charge on any atom is -0.239 e. The van der Waals surface area contributed by atoms with Crippen molar-refractivity contribution in [2.45, 2.75) is 38.9 Å². The Balaban J connectivity index is 1.93. The smallest absolute Gasteiger partial charge is 0.124 e. The molecule has 116 valence electrons. The SMILES string of the molecule is CC1(C)ON(c2cccc(-c3cccc(Cl)c3)c2)OC1(C)C. The third-order valence-electron chi connectivity index (χ3n) is 4.29. The van der Waals surface area contributed by atoms with Crippen LogP contribution < -0.4 is 5.23 Å². The van der Waals surface area contributed by atoms with Crippen molar-refractivity contribution in [1.82, 2.24) is 0 Å². The van der Waals surface area contributed by atoms with Gasteiger partial charge in [-0.05, 0) is 63.1 Å². The van der Waals surface area contributed by atoms with E-state index < -0.39 is 11.2 Å². The maximum Gasteiger partial charge on any atom is 0.124 e. The lowest BCUT2D eigenvalue weighted by atomic mass is 9.90. The number of hydrogen-bond donors (Lipinski definition) is 0. The Labute approximate surface area is 136 Å². The van der Waals surface area contributed by atoms with E-state index in [2.05, 4.69) is 0 Å². The first-order valence-corrected chi connectivity index (χ1v) is 7.71. The molecule has 1 heterocycles. The zero-order valence-electron chi connectivity index (χ0n) is 13.3. The Kier molecular flexibility index (Phi) is 3.68. The van der Waals surface area contributed by atoms with Crippen LogP contribution in [0, 0.1) is 0 Å². The molecule has 0 saturated carbocycles. The first-order chi connectivity index (χ1) is 10.3. The lowest BCUT2D eigenvalue weighted by molar-refractivity contribution is -0.0272. The third-order valence-corrected chi connectivity index (χ3v) is 4.52. The van der Waals surface area contributed by atoms with Crippen molar-refractivity contribution >= 4 is 17.3 Å². The average molecular weight is 318 g/mol. The molecule has 1 fully saturated rings. The second-order valence-electron chi connectivity index (χ2n) is 6.52. The van der Waals surface area contributed by atoms with Crippen molar-refractivity contribution < 1.29 is 9.68 Å². The van der Waals surface area contributed by atoms with Gasteiger partial charge < -0.3 is 0 Å². The van der Waals surface area contributed by atoms with Crippen molar-refractivity contribution in [1.29, 1.82) is 0 Å². The van der Waals surface area contributed by atoms with Crippen molar-refractivity contribution in [2.75, 3.05) is 5.23 Å². The molecule has 0 amide bonds. The van der Waals surface area contributed by atoms with Crippen molar-refractivity contribution in [3.05, 3.63) is 53.6 Å². The zero-order chi connectivity index (χ0) is 16.0. The van der Waals surface area contributed by atoms with E-state index in [4.69, 9.17) is 21.3 Å². The standard InChI is InChI=1S/C18H20ClNO2/c1-17(2)18(3,4)22-20(21-17)16-10-6-8-14(12-16)13-7-5-9-15(19)11-13/h5-12H,1-4H3. The summed E-state index contributed by atoms with van der Waals surface area (Å²) >= 11 is 6.08. The summed E-state index contributed by atoms with van der Waals surface area (Å²) in [5.41, 5.74) is 2.18. The van der Waals surface area contributed by atoms with E-state index in [-0.39, 0.29) is 0 Å². The minimum absolute atomic E-state index is 0.404. The molecule has 3 nitrogen and oxygen atoms in total. The van der Waals surface area contributed by atoms with Gasteiger partial charge in [0.25, 0.3) is 0 Å². The molecule has 0 N–H and O–H groups in total. The van der Waals surface area contributed by atoms with Crippen LogP contribution in [0.3, 0.4) is 0 Å². The van der Waals surface area contributed by atoms with Gasteiger partial charge in [-0.25, -0.2) is 9.68 Å². The van der Waals surface area contributed by atoms with Crippen LogP contribution in [0.2, 0.25) is 5.02 Å². The Morgan fingerprint density at radius 1 is 0.818 bits per heavy atom. The van der Waals surface area contributed by atoms with E-state index in [9.17, 15) is 0 Å². The topological polar surface area (TPSA) is 21.7 Å². The van der Waals surface area contributed by atoms with Crippen LogP contribution in [-0.2, 0) is 9.68 Å². The van der Waals surface area contributed by atoms with Crippen molar-refractivity contribution in [3.63, 3.8) is 0 Å². The van der Waals surface area contributed by atoms with Crippen LogP contribution in [0.25, 0.3) is 11.1 Å². The third kappa shape index (κ3) is 2.72. The second kappa shape index (κ2) is 5.27. The Morgan fingerprint density at radius 2 is 1.36 bits per heavy atom. The van der Waals surface area contributed by atoms with E-state index in [1.54, 1.807) is 0 Å². The highest BCUT2D eigenvalue weighted by Gasteiger charge is 2.50. The maximum absolute atomic E-state index is 6.08. The van der Waals surface area contributed by atoms with Crippen LogP contribution in [0.15, 0.2) is 48.5 Å². The fourth-order valence-corrected chi connectivity index (χ4v) is 2.42. The number of hydrogen-bond acceptors (Lipinski definition) is 3. The van der Waals surface area contributed by atoms with Crippen LogP contribution >= 0.6 is 11.6 Å². The fraction of sp³-hybridized carbons (Fsp3) is 0.333. The highest BCUT2D eigenvalue weighted by molar-refractivity contribution is 6.30. The Morgan fingerprint density at radius 3 is 1.95 bits per heavy atom. The summed E-state index contributed by atoms with van der Waals surface area (Å²) in [6.07, 6.45) is 0. The molecule has 3 rings (SSSR count). The molecule has 2 aromatic carbocycles. The molecule has 0 aromatic heterocycles.